The molecule has 0 radical (unpaired) electrons. The minimum Gasteiger partial charge on any atom is -0.363 e. The quantitative estimate of drug-likeness (QED) is 0.352. The van der Waals surface area contributed by atoms with Gasteiger partial charge in [0.05, 0.1) is 4.43 Å². The molecule has 12 heavy (non-hydrogen) atoms. The molecule has 0 fully saturated rings. The van der Waals surface area contributed by atoms with Gasteiger partial charge in [0, 0.05) is 6.61 Å². The lowest BCUT2D eigenvalue weighted by molar-refractivity contribution is -0.222. The number of rotatable bonds is 6. The number of aliphatic hydroxyl groups excluding tert-OH is 1. The number of ether oxygens (including phenoxy) is 1. The topological polar surface area (TPSA) is 29.5 Å². The lowest BCUT2D eigenvalue weighted by atomic mass is 10.3. The minimum absolute atomic E-state index is 0.184. The highest BCUT2D eigenvalue weighted by molar-refractivity contribution is 14.1. The number of alkyl halides is 3. The fourth-order valence-electron chi connectivity index (χ4n) is 0.527. The first-order valence-corrected chi connectivity index (χ1v) is 5.30. The van der Waals surface area contributed by atoms with Crippen LogP contribution in [-0.4, -0.2) is 28.4 Å². The maximum Gasteiger partial charge on any atom is 0.306 e. The second-order valence-corrected chi connectivity index (χ2v) is 3.23. The Morgan fingerprint density at radius 1 is 1.58 bits per heavy atom. The smallest absolute Gasteiger partial charge is 0.306 e. The molecule has 0 bridgehead atoms. The number of hydrogen-bond acceptors (Lipinski definition) is 2. The van der Waals surface area contributed by atoms with Gasteiger partial charge in [-0.1, -0.05) is 35.9 Å². The maximum atomic E-state index is 12.6. The Morgan fingerprint density at radius 2 is 2.17 bits per heavy atom. The van der Waals surface area contributed by atoms with Crippen LogP contribution in [0.5, 0.6) is 0 Å². The number of hydrogen-bond donors (Lipinski definition) is 1. The summed E-state index contributed by atoms with van der Waals surface area (Å²) in [4.78, 5) is 0. The van der Waals surface area contributed by atoms with Crippen LogP contribution < -0.4 is 0 Å². The van der Waals surface area contributed by atoms with Crippen molar-refractivity contribution in [2.45, 2.75) is 32.0 Å². The van der Waals surface area contributed by atoms with Gasteiger partial charge in [-0.25, -0.2) is 8.78 Å². The van der Waals surface area contributed by atoms with Crippen LogP contribution in [0.25, 0.3) is 0 Å². The third-order valence-electron chi connectivity index (χ3n) is 1.31. The maximum absolute atomic E-state index is 12.6. The third kappa shape index (κ3) is 4.51. The highest BCUT2D eigenvalue weighted by Crippen LogP contribution is 2.22. The summed E-state index contributed by atoms with van der Waals surface area (Å²) in [6, 6.07) is 0. The van der Waals surface area contributed by atoms with Gasteiger partial charge in [0.2, 0.25) is 6.29 Å². The van der Waals surface area contributed by atoms with Gasteiger partial charge in [-0.05, 0) is 6.42 Å². The second-order valence-electron chi connectivity index (χ2n) is 2.47. The van der Waals surface area contributed by atoms with Crippen molar-refractivity contribution in [2.24, 2.45) is 0 Å². The predicted molar refractivity (Wildman–Crippen MR) is 50.7 cm³/mol. The van der Waals surface area contributed by atoms with Crippen LogP contribution in [0.15, 0.2) is 0 Å². The average molecular weight is 294 g/mol. The van der Waals surface area contributed by atoms with Crippen molar-refractivity contribution in [3.05, 3.63) is 0 Å². The molecule has 1 unspecified atom stereocenters. The number of halogens is 3. The molecule has 0 heterocycles. The molecule has 0 rings (SSSR count). The molecule has 0 aromatic heterocycles. The first-order valence-electron chi connectivity index (χ1n) is 3.78. The zero-order valence-electron chi connectivity index (χ0n) is 6.90. The summed E-state index contributed by atoms with van der Waals surface area (Å²) in [7, 11) is 0. The second kappa shape index (κ2) is 6.04. The van der Waals surface area contributed by atoms with Crippen molar-refractivity contribution >= 4 is 22.6 Å². The van der Waals surface area contributed by atoms with Crippen LogP contribution in [0.4, 0.5) is 8.78 Å². The van der Waals surface area contributed by atoms with Gasteiger partial charge < -0.3 is 9.84 Å². The molecule has 0 aliphatic rings. The molecule has 0 aliphatic heterocycles. The Kier molecular flexibility index (Phi) is 6.30. The van der Waals surface area contributed by atoms with E-state index in [0.717, 1.165) is 6.42 Å². The summed E-state index contributed by atoms with van der Waals surface area (Å²) >= 11 is 1.52. The van der Waals surface area contributed by atoms with E-state index in [1.807, 2.05) is 6.92 Å². The van der Waals surface area contributed by atoms with Gasteiger partial charge in [0.1, 0.15) is 0 Å². The van der Waals surface area contributed by atoms with Crippen molar-refractivity contribution in [2.75, 3.05) is 11.0 Å². The van der Waals surface area contributed by atoms with E-state index in [-0.39, 0.29) is 6.61 Å². The Morgan fingerprint density at radius 3 is 2.58 bits per heavy atom. The molecule has 0 amide bonds. The standard InChI is InChI=1S/C7H13F2IO2/c1-2-3-4-12-6(11)7(8,9)5-10/h6,11H,2-5H2,1H3. The Balaban J connectivity index is 3.63. The van der Waals surface area contributed by atoms with Crippen LogP contribution in [0, 0.1) is 0 Å². The summed E-state index contributed by atoms with van der Waals surface area (Å²) in [6.07, 6.45) is -0.405. The molecule has 0 saturated heterocycles. The van der Waals surface area contributed by atoms with Crippen molar-refractivity contribution in [3.8, 4) is 0 Å². The lowest BCUT2D eigenvalue weighted by Gasteiger charge is -2.20. The first kappa shape index (κ1) is 12.5. The molecule has 1 atom stereocenters. The number of aliphatic hydroxyl groups is 1. The first-order chi connectivity index (χ1) is 5.54. The van der Waals surface area contributed by atoms with Gasteiger partial charge in [-0.15, -0.1) is 0 Å². The molecule has 1 N–H and O–H groups in total. The molecule has 0 spiro atoms. The SMILES string of the molecule is CCCCOC(O)C(F)(F)CI. The van der Waals surface area contributed by atoms with Crippen LogP contribution in [0.2, 0.25) is 0 Å². The Bertz CT molecular complexity index is 122. The van der Waals surface area contributed by atoms with E-state index < -0.39 is 16.6 Å². The zero-order valence-corrected chi connectivity index (χ0v) is 9.05. The van der Waals surface area contributed by atoms with Gasteiger partial charge in [0.15, 0.2) is 0 Å². The van der Waals surface area contributed by atoms with Gasteiger partial charge >= 0.3 is 5.92 Å². The fraction of sp³-hybridized carbons (Fsp3) is 1.00. The van der Waals surface area contributed by atoms with Gasteiger partial charge in [0.25, 0.3) is 0 Å². The lowest BCUT2D eigenvalue weighted by Crippen LogP contribution is -2.37. The summed E-state index contributed by atoms with van der Waals surface area (Å²) in [5.74, 6) is -3.13. The number of unbranched alkanes of at least 4 members (excludes halogenated alkanes) is 1. The normalized spacial score (nSPS) is 14.8. The fourth-order valence-corrected chi connectivity index (χ4v) is 0.904. The monoisotopic (exact) mass is 294 g/mol. The molecule has 0 aliphatic carbocycles. The zero-order chi connectivity index (χ0) is 9.61. The van der Waals surface area contributed by atoms with E-state index in [4.69, 9.17) is 5.11 Å². The van der Waals surface area contributed by atoms with E-state index in [0.29, 0.717) is 6.42 Å². The molecular formula is C7H13F2IO2. The van der Waals surface area contributed by atoms with E-state index in [9.17, 15) is 8.78 Å². The summed E-state index contributed by atoms with van der Waals surface area (Å²) in [5, 5.41) is 8.83. The average Bonchev–Trinajstić information content (AvgIpc) is 2.05. The van der Waals surface area contributed by atoms with E-state index in [1.165, 1.54) is 22.6 Å². The molecule has 0 saturated carbocycles. The van der Waals surface area contributed by atoms with Crippen LogP contribution in [0.1, 0.15) is 19.8 Å². The highest BCUT2D eigenvalue weighted by Gasteiger charge is 2.37. The Labute approximate surface area is 84.4 Å². The van der Waals surface area contributed by atoms with Crippen molar-refractivity contribution in [3.63, 3.8) is 0 Å². The summed E-state index contributed by atoms with van der Waals surface area (Å²) in [5.41, 5.74) is 0. The van der Waals surface area contributed by atoms with E-state index >= 15 is 0 Å². The molecule has 0 aromatic rings. The van der Waals surface area contributed by atoms with Crippen molar-refractivity contribution < 1.29 is 18.6 Å². The van der Waals surface area contributed by atoms with E-state index in [1.54, 1.807) is 0 Å². The molecule has 74 valence electrons. The summed E-state index contributed by atoms with van der Waals surface area (Å²) in [6.45, 7) is 2.11. The highest BCUT2D eigenvalue weighted by atomic mass is 127. The largest absolute Gasteiger partial charge is 0.363 e. The van der Waals surface area contributed by atoms with Crippen LogP contribution in [-0.2, 0) is 4.74 Å². The van der Waals surface area contributed by atoms with Crippen molar-refractivity contribution in [1.82, 2.24) is 0 Å². The third-order valence-corrected chi connectivity index (χ3v) is 2.33. The minimum atomic E-state index is -3.13. The van der Waals surface area contributed by atoms with Gasteiger partial charge in [-0.2, -0.15) is 0 Å². The van der Waals surface area contributed by atoms with Crippen LogP contribution >= 0.6 is 22.6 Å². The molecular weight excluding hydrogens is 281 g/mol. The summed E-state index contributed by atoms with van der Waals surface area (Å²) < 4.78 is 29.3. The molecule has 5 heteroatoms. The van der Waals surface area contributed by atoms with Crippen molar-refractivity contribution in [1.29, 1.82) is 0 Å². The molecule has 0 aromatic carbocycles. The van der Waals surface area contributed by atoms with E-state index in [2.05, 4.69) is 4.74 Å². The van der Waals surface area contributed by atoms with Gasteiger partial charge in [-0.3, -0.25) is 0 Å². The predicted octanol–water partition coefficient (Wildman–Crippen LogP) is 2.19. The Hall–Kier alpha value is 0.510. The molecule has 2 nitrogen and oxygen atoms in total. The van der Waals surface area contributed by atoms with Crippen LogP contribution in [0.3, 0.4) is 0 Å².